The summed E-state index contributed by atoms with van der Waals surface area (Å²) in [7, 11) is 2.01. The third kappa shape index (κ3) is 2.53. The Kier molecular flexibility index (Phi) is 3.85. The van der Waals surface area contributed by atoms with Crippen molar-refractivity contribution < 1.29 is 4.74 Å². The summed E-state index contributed by atoms with van der Waals surface area (Å²) in [6.45, 7) is 7.23. The van der Waals surface area contributed by atoms with Gasteiger partial charge in [0.25, 0.3) is 0 Å². The molecule has 0 amide bonds. The fourth-order valence-electron chi connectivity index (χ4n) is 2.48. The summed E-state index contributed by atoms with van der Waals surface area (Å²) in [5, 5.41) is 3.22. The number of hydrogen-bond acceptors (Lipinski definition) is 2. The van der Waals surface area contributed by atoms with Crippen molar-refractivity contribution in [3.05, 3.63) is 34.9 Å². The Labute approximate surface area is 104 Å². The van der Waals surface area contributed by atoms with Gasteiger partial charge in [-0.15, -0.1) is 0 Å². The molecule has 1 aromatic rings. The molecule has 0 aliphatic carbocycles. The van der Waals surface area contributed by atoms with E-state index in [2.05, 4.69) is 37.4 Å². The average molecular weight is 233 g/mol. The highest BCUT2D eigenvalue weighted by atomic mass is 16.5. The van der Waals surface area contributed by atoms with Crippen LogP contribution in [0.1, 0.15) is 29.5 Å². The van der Waals surface area contributed by atoms with Crippen molar-refractivity contribution in [2.45, 2.75) is 32.1 Å². The van der Waals surface area contributed by atoms with Crippen LogP contribution in [-0.2, 0) is 10.2 Å². The Balaban J connectivity index is 2.13. The Morgan fingerprint density at radius 1 is 1.24 bits per heavy atom. The second-order valence-electron chi connectivity index (χ2n) is 5.28. The smallest absolute Gasteiger partial charge is 0.0585 e. The maximum absolute atomic E-state index is 5.47. The van der Waals surface area contributed by atoms with Crippen LogP contribution in [0.25, 0.3) is 0 Å². The van der Waals surface area contributed by atoms with Crippen molar-refractivity contribution in [2.24, 2.45) is 0 Å². The van der Waals surface area contributed by atoms with Gasteiger partial charge in [-0.25, -0.2) is 0 Å². The number of hydrogen-bond donors (Lipinski definition) is 1. The first-order valence-corrected chi connectivity index (χ1v) is 6.48. The highest BCUT2D eigenvalue weighted by Gasteiger charge is 2.39. The van der Waals surface area contributed by atoms with Gasteiger partial charge in [0, 0.05) is 5.41 Å². The van der Waals surface area contributed by atoms with Gasteiger partial charge in [0.1, 0.15) is 0 Å². The van der Waals surface area contributed by atoms with Crippen LogP contribution in [0.2, 0.25) is 0 Å². The molecule has 1 N–H and O–H groups in total. The Morgan fingerprint density at radius 2 is 2.00 bits per heavy atom. The highest BCUT2D eigenvalue weighted by Crippen LogP contribution is 2.37. The maximum Gasteiger partial charge on any atom is 0.0585 e. The molecule has 1 aromatic carbocycles. The monoisotopic (exact) mass is 233 g/mol. The Morgan fingerprint density at radius 3 is 2.53 bits per heavy atom. The summed E-state index contributed by atoms with van der Waals surface area (Å²) in [5.41, 5.74) is 4.51. The normalized spacial score (nSPS) is 17.8. The molecule has 2 nitrogen and oxygen atoms in total. The molecule has 1 fully saturated rings. The van der Waals surface area contributed by atoms with Crippen LogP contribution >= 0.6 is 0 Å². The zero-order valence-corrected chi connectivity index (χ0v) is 11.2. The van der Waals surface area contributed by atoms with Gasteiger partial charge in [0.2, 0.25) is 0 Å². The minimum absolute atomic E-state index is 0.287. The minimum Gasteiger partial charge on any atom is -0.379 e. The molecule has 1 saturated heterocycles. The van der Waals surface area contributed by atoms with Gasteiger partial charge >= 0.3 is 0 Å². The van der Waals surface area contributed by atoms with Gasteiger partial charge in [-0.2, -0.15) is 0 Å². The third-order valence-electron chi connectivity index (χ3n) is 3.96. The summed E-state index contributed by atoms with van der Waals surface area (Å²) < 4.78 is 5.47. The zero-order chi connectivity index (χ0) is 12.3. The van der Waals surface area contributed by atoms with Gasteiger partial charge in [0.05, 0.1) is 13.2 Å². The van der Waals surface area contributed by atoms with E-state index in [1.54, 1.807) is 0 Å². The molecule has 0 atom stereocenters. The van der Waals surface area contributed by atoms with Crippen molar-refractivity contribution in [1.29, 1.82) is 0 Å². The average Bonchev–Trinajstić information content (AvgIpc) is 2.26. The fraction of sp³-hybridized carbons (Fsp3) is 0.600. The minimum atomic E-state index is 0.287. The van der Waals surface area contributed by atoms with Crippen LogP contribution in [0.5, 0.6) is 0 Å². The standard InChI is InChI=1S/C15H23NO/c1-12-5-6-14(9-13(12)2)15(10-17-11-15)7-4-8-16-3/h5-6,9,16H,4,7-8,10-11H2,1-3H3. The molecule has 0 spiro atoms. The number of ether oxygens (including phenoxy) is 1. The van der Waals surface area contributed by atoms with E-state index in [1.165, 1.54) is 29.5 Å². The van der Waals surface area contributed by atoms with E-state index in [0.29, 0.717) is 0 Å². The summed E-state index contributed by atoms with van der Waals surface area (Å²) in [5.74, 6) is 0. The lowest BCUT2D eigenvalue weighted by molar-refractivity contribution is -0.0650. The van der Waals surface area contributed by atoms with Gasteiger partial charge in [-0.3, -0.25) is 0 Å². The van der Waals surface area contributed by atoms with E-state index in [-0.39, 0.29) is 5.41 Å². The second kappa shape index (κ2) is 5.19. The van der Waals surface area contributed by atoms with Crippen LogP contribution in [0.3, 0.4) is 0 Å². The van der Waals surface area contributed by atoms with Crippen molar-refractivity contribution in [3.8, 4) is 0 Å². The van der Waals surface area contributed by atoms with E-state index >= 15 is 0 Å². The third-order valence-corrected chi connectivity index (χ3v) is 3.96. The molecule has 0 bridgehead atoms. The zero-order valence-electron chi connectivity index (χ0n) is 11.2. The van der Waals surface area contributed by atoms with E-state index < -0.39 is 0 Å². The van der Waals surface area contributed by atoms with E-state index in [9.17, 15) is 0 Å². The van der Waals surface area contributed by atoms with Crippen LogP contribution in [0, 0.1) is 13.8 Å². The van der Waals surface area contributed by atoms with Gasteiger partial charge < -0.3 is 10.1 Å². The van der Waals surface area contributed by atoms with Crippen LogP contribution in [0.15, 0.2) is 18.2 Å². The number of nitrogens with one attached hydrogen (secondary N) is 1. The fourth-order valence-corrected chi connectivity index (χ4v) is 2.48. The molecular formula is C15H23NO. The second-order valence-corrected chi connectivity index (χ2v) is 5.28. The number of rotatable bonds is 5. The van der Waals surface area contributed by atoms with Crippen LogP contribution < -0.4 is 5.32 Å². The first-order valence-electron chi connectivity index (χ1n) is 6.48. The van der Waals surface area contributed by atoms with Gasteiger partial charge in [-0.05, 0) is 57.0 Å². The first kappa shape index (κ1) is 12.6. The van der Waals surface area contributed by atoms with Crippen molar-refractivity contribution in [1.82, 2.24) is 5.32 Å². The molecule has 2 rings (SSSR count). The molecule has 1 heterocycles. The molecule has 0 radical (unpaired) electrons. The lowest BCUT2D eigenvalue weighted by Gasteiger charge is -2.42. The van der Waals surface area contributed by atoms with Gasteiger partial charge in [0.15, 0.2) is 0 Å². The largest absolute Gasteiger partial charge is 0.379 e. The number of benzene rings is 1. The summed E-state index contributed by atoms with van der Waals surface area (Å²) >= 11 is 0. The van der Waals surface area contributed by atoms with E-state index in [0.717, 1.165) is 19.8 Å². The molecule has 1 aliphatic rings. The SMILES string of the molecule is CNCCCC1(c2ccc(C)c(C)c2)COC1. The molecule has 94 valence electrons. The lowest BCUT2D eigenvalue weighted by atomic mass is 9.74. The summed E-state index contributed by atoms with van der Waals surface area (Å²) in [6.07, 6.45) is 2.43. The predicted octanol–water partition coefficient (Wildman–Crippen LogP) is 2.57. The maximum atomic E-state index is 5.47. The quantitative estimate of drug-likeness (QED) is 0.789. The van der Waals surface area contributed by atoms with Crippen LogP contribution in [-0.4, -0.2) is 26.8 Å². The number of aryl methyl sites for hydroxylation is 2. The molecule has 0 saturated carbocycles. The van der Waals surface area contributed by atoms with Gasteiger partial charge in [-0.1, -0.05) is 18.2 Å². The predicted molar refractivity (Wildman–Crippen MR) is 71.6 cm³/mol. The highest BCUT2D eigenvalue weighted by molar-refractivity contribution is 5.36. The molecule has 0 aromatic heterocycles. The van der Waals surface area contributed by atoms with Crippen molar-refractivity contribution in [3.63, 3.8) is 0 Å². The molecule has 0 unspecified atom stereocenters. The van der Waals surface area contributed by atoms with E-state index in [1.807, 2.05) is 7.05 Å². The van der Waals surface area contributed by atoms with E-state index in [4.69, 9.17) is 4.74 Å². The molecular weight excluding hydrogens is 210 g/mol. The molecule has 1 aliphatic heterocycles. The Hall–Kier alpha value is -0.860. The lowest BCUT2D eigenvalue weighted by Crippen LogP contribution is -2.47. The van der Waals surface area contributed by atoms with Crippen LogP contribution in [0.4, 0.5) is 0 Å². The van der Waals surface area contributed by atoms with Crippen molar-refractivity contribution >= 4 is 0 Å². The van der Waals surface area contributed by atoms with Crippen molar-refractivity contribution in [2.75, 3.05) is 26.8 Å². The molecule has 17 heavy (non-hydrogen) atoms. The molecule has 2 heteroatoms. The first-order chi connectivity index (χ1) is 8.18. The summed E-state index contributed by atoms with van der Waals surface area (Å²) in [4.78, 5) is 0. The topological polar surface area (TPSA) is 21.3 Å². The summed E-state index contributed by atoms with van der Waals surface area (Å²) in [6, 6.07) is 6.87. The Bertz CT molecular complexity index is 383.